The number of benzene rings is 4. The summed E-state index contributed by atoms with van der Waals surface area (Å²) in [6.45, 7) is 6.68. The molecular weight excluding hydrogens is 1180 g/mol. The number of ether oxygens (including phenoxy) is 5. The molecule has 0 spiro atoms. The summed E-state index contributed by atoms with van der Waals surface area (Å²) >= 11 is 16.7. The van der Waals surface area contributed by atoms with E-state index in [0.29, 0.717) is 38.8 Å². The van der Waals surface area contributed by atoms with Crippen molar-refractivity contribution in [3.8, 4) is 0 Å². The van der Waals surface area contributed by atoms with Gasteiger partial charge in [0.1, 0.15) is 17.9 Å². The lowest BCUT2D eigenvalue weighted by Gasteiger charge is -2.39. The van der Waals surface area contributed by atoms with Crippen molar-refractivity contribution in [3.05, 3.63) is 130 Å². The van der Waals surface area contributed by atoms with E-state index in [1.165, 1.54) is 67.0 Å². The molecule has 4 atom stereocenters. The molecule has 4 aromatic rings. The summed E-state index contributed by atoms with van der Waals surface area (Å²) in [7, 11) is 3.72. The standard InChI is InChI=1S/C25H25ClF3N3O4.C7H7Cl.C7H11NO4.C7H9N.C5H9NO2.C4H7F2N.C2H3ClO2/c1-36-24(35)31-11-5-10-20(31)23(34)32(17-7-4-6-15(27)12-17)21(18-8-2-3-9-19(18)26)22(33)30-16-13-25(28,29)14-16;1-6-4-2-3-5-7(6)8;1-11-7(10)8-4-2-3-6(8)12-5-9;1-6-3-2-4-7(8)5-6;7-4-8-5-2-1-3-6-5;5-4(6)1-3(7)2-4;1-5-2(3)4/h2-4,6-9,12,16,20-21H,5,10-11,13-14H2,1H3,(H,30,33);2-5H,1H3;5-6H,2-4H2,1H3;2-5H,8H2,1H3;4-6H,1-3H2;3H,1-2,7H2;1H3/t20-,21-;;6-;;5-;;/m0.1.1../s1. The molecule has 0 radical (unpaired) electrons. The Morgan fingerprint density at radius 1 is 0.726 bits per heavy atom. The number of nitrogens with zero attached hydrogens (tertiary/aromatic N) is 3. The van der Waals surface area contributed by atoms with Gasteiger partial charge in [-0.3, -0.25) is 39.2 Å². The number of alkyl halides is 4. The van der Waals surface area contributed by atoms with Crippen LogP contribution in [0.2, 0.25) is 10.0 Å². The van der Waals surface area contributed by atoms with Gasteiger partial charge in [-0.15, -0.1) is 0 Å². The van der Waals surface area contributed by atoms with Crippen molar-refractivity contribution < 1.29 is 79.2 Å². The Morgan fingerprint density at radius 3 is 1.76 bits per heavy atom. The SMILES string of the molecule is COC(=O)Cl.COC(=O)N1CCC[C@H]1C(=O)N(c1cccc(F)c1)[C@H](C(=O)NC1CC(F)(F)C1)c1ccccc1Cl.COC(=O)N1CCC[C@H]1OC=O.Cc1cccc(N)c1.Cc1ccccc1Cl.NC1CC(F)(F)C1.O=CO[C@@H]1CCCN1. The highest BCUT2D eigenvalue weighted by Gasteiger charge is 2.48. The number of rotatable bonds is 10. The summed E-state index contributed by atoms with van der Waals surface area (Å²) < 4.78 is 87.1. The molecule has 6 N–H and O–H groups in total. The van der Waals surface area contributed by atoms with Gasteiger partial charge in [0.05, 0.1) is 21.3 Å². The molecule has 19 nitrogen and oxygen atoms in total. The zero-order valence-electron chi connectivity index (χ0n) is 47.0. The Bertz CT molecular complexity index is 2700. The van der Waals surface area contributed by atoms with Gasteiger partial charge in [0.15, 0.2) is 12.5 Å². The Morgan fingerprint density at radius 2 is 1.30 bits per heavy atom. The number of nitrogens with two attached hydrogens (primary N) is 2. The van der Waals surface area contributed by atoms with Crippen LogP contribution in [-0.4, -0.2) is 136 Å². The average molecular weight is 1250 g/mol. The molecule has 3 heterocycles. The quantitative estimate of drug-likeness (QED) is 0.0379. The maximum absolute atomic E-state index is 14.3. The fourth-order valence-corrected chi connectivity index (χ4v) is 9.09. The van der Waals surface area contributed by atoms with Gasteiger partial charge < -0.3 is 40.5 Å². The zero-order valence-corrected chi connectivity index (χ0v) is 49.2. The molecule has 3 saturated heterocycles. The van der Waals surface area contributed by atoms with Gasteiger partial charge in [-0.25, -0.2) is 36.3 Å². The lowest BCUT2D eigenvalue weighted by molar-refractivity contribution is -0.139. The van der Waals surface area contributed by atoms with Crippen LogP contribution in [0.3, 0.4) is 0 Å². The molecular formula is C57H71Cl3F5N7O12. The predicted molar refractivity (Wildman–Crippen MR) is 306 cm³/mol. The monoisotopic (exact) mass is 1250 g/mol. The number of hydrogen-bond acceptors (Lipinski definition) is 15. The van der Waals surface area contributed by atoms with Crippen molar-refractivity contribution in [2.75, 3.05) is 51.6 Å². The third-order valence-electron chi connectivity index (χ3n) is 12.9. The summed E-state index contributed by atoms with van der Waals surface area (Å²) in [4.78, 5) is 83.7. The normalized spacial score (nSPS) is 18.9. The minimum absolute atomic E-state index is 0.00694. The first-order valence-corrected chi connectivity index (χ1v) is 27.5. The number of amides is 4. The molecule has 2 saturated carbocycles. The van der Waals surface area contributed by atoms with E-state index in [2.05, 4.69) is 41.2 Å². The fraction of sp³-hybridized carbons (Fsp3) is 0.456. The summed E-state index contributed by atoms with van der Waals surface area (Å²) in [5, 5.41) is 6.58. The maximum atomic E-state index is 14.3. The molecule has 5 fully saturated rings. The third-order valence-corrected chi connectivity index (χ3v) is 13.8. The Balaban J connectivity index is 0.000000309. The molecule has 0 unspecified atom stereocenters. The van der Waals surface area contributed by atoms with Crippen LogP contribution in [0.5, 0.6) is 0 Å². The van der Waals surface area contributed by atoms with Crippen molar-refractivity contribution in [1.82, 2.24) is 20.4 Å². The van der Waals surface area contributed by atoms with Crippen LogP contribution in [0, 0.1) is 19.7 Å². The fourth-order valence-electron chi connectivity index (χ4n) is 8.72. The third kappa shape index (κ3) is 24.3. The van der Waals surface area contributed by atoms with Gasteiger partial charge in [0.25, 0.3) is 30.7 Å². The second kappa shape index (κ2) is 36.0. The molecule has 84 heavy (non-hydrogen) atoms. The van der Waals surface area contributed by atoms with Crippen LogP contribution < -0.4 is 27.0 Å². The van der Waals surface area contributed by atoms with Gasteiger partial charge in [-0.2, -0.15) is 0 Å². The van der Waals surface area contributed by atoms with Gasteiger partial charge in [-0.05, 0) is 106 Å². The summed E-state index contributed by atoms with van der Waals surface area (Å²) in [6, 6.07) is 23.6. The van der Waals surface area contributed by atoms with Crippen LogP contribution in [0.4, 0.5) is 47.7 Å². The van der Waals surface area contributed by atoms with Crippen molar-refractivity contribution >= 4 is 88.6 Å². The van der Waals surface area contributed by atoms with Crippen LogP contribution in [-0.2, 0) is 42.9 Å². The number of halogens is 8. The molecule has 9 rings (SSSR count). The topological polar surface area (TPSA) is 251 Å². The van der Waals surface area contributed by atoms with E-state index in [4.69, 9.17) is 39.4 Å². The van der Waals surface area contributed by atoms with Crippen molar-refractivity contribution in [2.24, 2.45) is 5.73 Å². The lowest BCUT2D eigenvalue weighted by Crippen LogP contribution is -2.56. The molecule has 27 heteroatoms. The molecule has 4 aromatic carbocycles. The summed E-state index contributed by atoms with van der Waals surface area (Å²) in [6.07, 6.45) is 1.52. The number of nitrogen functional groups attached to an aromatic ring is 1. The second-order valence-corrected chi connectivity index (χ2v) is 20.5. The van der Waals surface area contributed by atoms with E-state index in [0.717, 1.165) is 53.0 Å². The van der Waals surface area contributed by atoms with Crippen molar-refractivity contribution in [2.45, 2.75) is 127 Å². The Hall–Kier alpha value is -6.99. The minimum atomic E-state index is -2.87. The van der Waals surface area contributed by atoms with E-state index in [9.17, 15) is 55.5 Å². The first-order chi connectivity index (χ1) is 39.8. The van der Waals surface area contributed by atoms with Crippen LogP contribution in [0.15, 0.2) is 97.1 Å². The highest BCUT2D eigenvalue weighted by atomic mass is 35.5. The van der Waals surface area contributed by atoms with Gasteiger partial charge >= 0.3 is 17.6 Å². The molecule has 0 bridgehead atoms. The van der Waals surface area contributed by atoms with Gasteiger partial charge in [0.2, 0.25) is 5.91 Å². The van der Waals surface area contributed by atoms with E-state index >= 15 is 0 Å². The molecule has 2 aliphatic carbocycles. The summed E-state index contributed by atoms with van der Waals surface area (Å²) in [5.41, 5.74) is 13.2. The number of carbonyl (C=O) groups excluding carboxylic acids is 7. The molecule has 5 aliphatic rings. The smallest absolute Gasteiger partial charge is 0.412 e. The van der Waals surface area contributed by atoms with Gasteiger partial charge in [0, 0.05) is 95.9 Å². The number of anilines is 2. The zero-order chi connectivity index (χ0) is 62.6. The maximum Gasteiger partial charge on any atom is 0.412 e. The number of methoxy groups -OCH3 is 3. The molecule has 462 valence electrons. The van der Waals surface area contributed by atoms with E-state index < -0.39 is 84.3 Å². The van der Waals surface area contributed by atoms with Crippen molar-refractivity contribution in [3.63, 3.8) is 0 Å². The highest BCUT2D eigenvalue weighted by Crippen LogP contribution is 2.40. The van der Waals surface area contributed by atoms with Crippen LogP contribution >= 0.6 is 34.8 Å². The van der Waals surface area contributed by atoms with E-state index in [1.54, 1.807) is 12.1 Å². The number of nitrogens with one attached hydrogen (secondary N) is 2. The van der Waals surface area contributed by atoms with E-state index in [1.807, 2.05) is 62.4 Å². The second-order valence-electron chi connectivity index (χ2n) is 19.3. The molecule has 3 aliphatic heterocycles. The number of aryl methyl sites for hydroxylation is 2. The predicted octanol–water partition coefficient (Wildman–Crippen LogP) is 10.9. The number of hydrogen-bond donors (Lipinski definition) is 4. The van der Waals surface area contributed by atoms with E-state index in [-0.39, 0.29) is 47.9 Å². The van der Waals surface area contributed by atoms with Crippen LogP contribution in [0.1, 0.15) is 86.9 Å². The summed E-state index contributed by atoms with van der Waals surface area (Å²) in [5.74, 6) is -7.36. The first kappa shape index (κ1) is 71.3. The first-order valence-electron chi connectivity index (χ1n) is 26.3. The molecule has 0 aromatic heterocycles. The molecule has 4 amide bonds. The Kier molecular flexibility index (Phi) is 30.5. The van der Waals surface area contributed by atoms with Crippen molar-refractivity contribution in [1.29, 1.82) is 0 Å². The largest absolute Gasteiger partial charge is 0.457 e. The minimum Gasteiger partial charge on any atom is -0.457 e. The average Bonchev–Trinajstić information content (AvgIpc) is 2.04. The highest BCUT2D eigenvalue weighted by molar-refractivity contribution is 6.61. The van der Waals surface area contributed by atoms with Gasteiger partial charge in [-0.1, -0.05) is 77.8 Å². The lowest BCUT2D eigenvalue weighted by atomic mass is 9.87. The number of likely N-dealkylation sites (tertiary alicyclic amines) is 2. The number of carbonyl (C=O) groups is 7. The Labute approximate surface area is 499 Å². The van der Waals surface area contributed by atoms with Crippen LogP contribution in [0.25, 0.3) is 0 Å².